The van der Waals surface area contributed by atoms with Gasteiger partial charge in [0.25, 0.3) is 0 Å². The Morgan fingerprint density at radius 3 is 2.89 bits per heavy atom. The molecule has 92 valence electrons. The smallest absolute Gasteiger partial charge is 0.145 e. The van der Waals surface area contributed by atoms with Crippen molar-refractivity contribution < 1.29 is 9.15 Å². The first-order valence-corrected chi connectivity index (χ1v) is 6.15. The van der Waals surface area contributed by atoms with E-state index in [-0.39, 0.29) is 0 Å². The molecule has 0 atom stereocenters. The van der Waals surface area contributed by atoms with Crippen molar-refractivity contribution in [2.45, 2.75) is 20.5 Å². The third-order valence-electron chi connectivity index (χ3n) is 3.06. The van der Waals surface area contributed by atoms with Crippen LogP contribution < -0.4 is 0 Å². The first-order valence-electron chi connectivity index (χ1n) is 6.15. The molecule has 2 aromatic heterocycles. The van der Waals surface area contributed by atoms with E-state index < -0.39 is 0 Å². The number of hydrogen-bond acceptors (Lipinski definition) is 3. The molecule has 0 unspecified atom stereocenters. The van der Waals surface area contributed by atoms with E-state index in [2.05, 4.69) is 4.98 Å². The number of aryl methyl sites for hydroxylation is 1. The maximum atomic E-state index is 5.90. The average Bonchev–Trinajstić information content (AvgIpc) is 2.81. The number of hydrogen-bond donors (Lipinski definition) is 0. The quantitative estimate of drug-likeness (QED) is 0.699. The van der Waals surface area contributed by atoms with Crippen LogP contribution in [0.4, 0.5) is 0 Å². The molecule has 0 saturated carbocycles. The molecule has 2 heterocycles. The molecule has 0 radical (unpaired) electrons. The zero-order chi connectivity index (χ0) is 12.5. The zero-order valence-corrected chi connectivity index (χ0v) is 10.6. The molecule has 0 aliphatic heterocycles. The molecule has 3 nitrogen and oxygen atoms in total. The predicted octanol–water partition coefficient (Wildman–Crippen LogP) is 3.83. The zero-order valence-electron chi connectivity index (χ0n) is 10.6. The monoisotopic (exact) mass is 241 g/mol. The van der Waals surface area contributed by atoms with Crippen molar-refractivity contribution in [2.24, 2.45) is 0 Å². The first-order chi connectivity index (χ1) is 8.79. The lowest BCUT2D eigenvalue weighted by Crippen LogP contribution is -1.88. The maximum Gasteiger partial charge on any atom is 0.145 e. The number of para-hydroxylation sites is 1. The second-order valence-electron chi connectivity index (χ2n) is 4.31. The van der Waals surface area contributed by atoms with Gasteiger partial charge in [-0.15, -0.1) is 0 Å². The molecule has 0 fully saturated rings. The van der Waals surface area contributed by atoms with Gasteiger partial charge >= 0.3 is 0 Å². The van der Waals surface area contributed by atoms with E-state index in [1.807, 2.05) is 44.2 Å². The van der Waals surface area contributed by atoms with E-state index in [1.54, 1.807) is 0 Å². The third-order valence-corrected chi connectivity index (χ3v) is 3.06. The third kappa shape index (κ3) is 1.77. The van der Waals surface area contributed by atoms with E-state index in [9.17, 15) is 0 Å². The summed E-state index contributed by atoms with van der Waals surface area (Å²) >= 11 is 0. The van der Waals surface area contributed by atoms with Gasteiger partial charge in [-0.2, -0.15) is 0 Å². The minimum Gasteiger partial charge on any atom is -0.458 e. The van der Waals surface area contributed by atoms with Gasteiger partial charge in [-0.05, 0) is 32.0 Å². The molecule has 0 N–H and O–H groups in total. The summed E-state index contributed by atoms with van der Waals surface area (Å²) in [6, 6.07) is 10.1. The van der Waals surface area contributed by atoms with Crippen molar-refractivity contribution in [1.29, 1.82) is 0 Å². The molecule has 3 aromatic rings. The highest BCUT2D eigenvalue weighted by atomic mass is 16.5. The number of nitrogens with zero attached hydrogens (tertiary/aromatic N) is 1. The Hall–Kier alpha value is -1.87. The van der Waals surface area contributed by atoms with Crippen LogP contribution in [0.3, 0.4) is 0 Å². The van der Waals surface area contributed by atoms with Crippen LogP contribution in [0, 0.1) is 6.92 Å². The normalized spacial score (nSPS) is 11.4. The Morgan fingerprint density at radius 1 is 1.22 bits per heavy atom. The molecular formula is C15H15NO2. The maximum absolute atomic E-state index is 5.90. The Balaban J connectivity index is 2.24. The Labute approximate surface area is 105 Å². The van der Waals surface area contributed by atoms with Gasteiger partial charge in [-0.25, -0.2) is 0 Å². The molecule has 0 spiro atoms. The van der Waals surface area contributed by atoms with Crippen LogP contribution >= 0.6 is 0 Å². The van der Waals surface area contributed by atoms with Gasteiger partial charge in [-0.3, -0.25) is 4.98 Å². The Morgan fingerprint density at radius 2 is 2.06 bits per heavy atom. The Bertz CT molecular complexity index is 700. The highest BCUT2D eigenvalue weighted by Crippen LogP contribution is 2.29. The van der Waals surface area contributed by atoms with Gasteiger partial charge in [0.05, 0.1) is 5.52 Å². The summed E-state index contributed by atoms with van der Waals surface area (Å²) in [6.07, 6.45) is 0. The molecule has 0 bridgehead atoms. The standard InChI is InChI=1S/C15H15NO2/c1-3-17-9-11-8-13-10(2)16-14-7-5-4-6-12(14)15(13)18-11/h4-8H,3,9H2,1-2H3. The SMILES string of the molecule is CCOCc1cc2c(C)nc3ccccc3c2o1. The van der Waals surface area contributed by atoms with Crippen LogP contribution in [0.5, 0.6) is 0 Å². The van der Waals surface area contributed by atoms with Crippen molar-refractivity contribution in [3.8, 4) is 0 Å². The van der Waals surface area contributed by atoms with Gasteiger partial charge in [-0.1, -0.05) is 12.1 Å². The van der Waals surface area contributed by atoms with Crippen LogP contribution in [0.2, 0.25) is 0 Å². The summed E-state index contributed by atoms with van der Waals surface area (Å²) in [5.74, 6) is 0.855. The number of rotatable bonds is 3. The molecule has 0 amide bonds. The van der Waals surface area contributed by atoms with Gasteiger partial charge < -0.3 is 9.15 Å². The minimum atomic E-state index is 0.513. The number of fused-ring (bicyclic) bond motifs is 3. The summed E-state index contributed by atoms with van der Waals surface area (Å²) in [6.45, 7) is 5.19. The molecule has 1 aromatic carbocycles. The van der Waals surface area contributed by atoms with Crippen molar-refractivity contribution >= 4 is 21.9 Å². The molecule has 0 aliphatic carbocycles. The van der Waals surface area contributed by atoms with E-state index in [4.69, 9.17) is 9.15 Å². The predicted molar refractivity (Wildman–Crippen MR) is 71.6 cm³/mol. The van der Waals surface area contributed by atoms with Crippen LogP contribution in [-0.2, 0) is 11.3 Å². The fourth-order valence-electron chi connectivity index (χ4n) is 2.19. The van der Waals surface area contributed by atoms with Crippen molar-refractivity contribution in [3.63, 3.8) is 0 Å². The number of furan rings is 1. The van der Waals surface area contributed by atoms with Gasteiger partial charge in [0.15, 0.2) is 0 Å². The van der Waals surface area contributed by atoms with Crippen molar-refractivity contribution in [3.05, 3.63) is 41.8 Å². The lowest BCUT2D eigenvalue weighted by Gasteiger charge is -2.00. The summed E-state index contributed by atoms with van der Waals surface area (Å²) in [7, 11) is 0. The van der Waals surface area contributed by atoms with E-state index >= 15 is 0 Å². The average molecular weight is 241 g/mol. The number of pyridine rings is 1. The summed E-state index contributed by atoms with van der Waals surface area (Å²) in [5.41, 5.74) is 2.88. The lowest BCUT2D eigenvalue weighted by molar-refractivity contribution is 0.119. The topological polar surface area (TPSA) is 35.3 Å². The molecular weight excluding hydrogens is 226 g/mol. The fraction of sp³-hybridized carbons (Fsp3) is 0.267. The Kier molecular flexibility index (Phi) is 2.76. The fourth-order valence-corrected chi connectivity index (χ4v) is 2.19. The largest absolute Gasteiger partial charge is 0.458 e. The van der Waals surface area contributed by atoms with Crippen molar-refractivity contribution in [2.75, 3.05) is 6.61 Å². The summed E-state index contributed by atoms with van der Waals surface area (Å²) in [4.78, 5) is 4.60. The van der Waals surface area contributed by atoms with Crippen LogP contribution in [-0.4, -0.2) is 11.6 Å². The minimum absolute atomic E-state index is 0.513. The lowest BCUT2D eigenvalue weighted by atomic mass is 10.1. The molecule has 0 saturated heterocycles. The highest BCUT2D eigenvalue weighted by Gasteiger charge is 2.11. The first kappa shape index (κ1) is 11.2. The molecule has 3 rings (SSSR count). The van der Waals surface area contributed by atoms with Crippen LogP contribution in [0.15, 0.2) is 34.7 Å². The number of ether oxygens (including phenoxy) is 1. The summed E-state index contributed by atoms with van der Waals surface area (Å²) < 4.78 is 11.3. The molecule has 18 heavy (non-hydrogen) atoms. The van der Waals surface area contributed by atoms with Crippen LogP contribution in [0.25, 0.3) is 21.9 Å². The van der Waals surface area contributed by atoms with Gasteiger partial charge in [0.2, 0.25) is 0 Å². The molecule has 3 heteroatoms. The number of benzene rings is 1. The van der Waals surface area contributed by atoms with Crippen LogP contribution in [0.1, 0.15) is 18.4 Å². The van der Waals surface area contributed by atoms with Gasteiger partial charge in [0.1, 0.15) is 18.0 Å². The highest BCUT2D eigenvalue weighted by molar-refractivity contribution is 6.03. The van der Waals surface area contributed by atoms with E-state index in [0.29, 0.717) is 13.2 Å². The van der Waals surface area contributed by atoms with Crippen molar-refractivity contribution in [1.82, 2.24) is 4.98 Å². The number of aromatic nitrogens is 1. The summed E-state index contributed by atoms with van der Waals surface area (Å²) in [5, 5.41) is 2.13. The van der Waals surface area contributed by atoms with E-state index in [1.165, 1.54) is 0 Å². The van der Waals surface area contributed by atoms with Gasteiger partial charge in [0, 0.05) is 23.1 Å². The second kappa shape index (κ2) is 4.42. The second-order valence-corrected chi connectivity index (χ2v) is 4.31. The molecule has 0 aliphatic rings. The van der Waals surface area contributed by atoms with E-state index in [0.717, 1.165) is 33.3 Å².